The van der Waals surface area contributed by atoms with E-state index in [0.717, 1.165) is 12.8 Å². The van der Waals surface area contributed by atoms with E-state index in [-0.39, 0.29) is 41.4 Å². The van der Waals surface area contributed by atoms with E-state index in [0.29, 0.717) is 29.9 Å². The first-order valence-electron chi connectivity index (χ1n) is 8.91. The van der Waals surface area contributed by atoms with Gasteiger partial charge in [0.1, 0.15) is 11.4 Å². The molecule has 27 heavy (non-hydrogen) atoms. The molecule has 2 aromatic rings. The summed E-state index contributed by atoms with van der Waals surface area (Å²) in [5.41, 5.74) is 6.92. The van der Waals surface area contributed by atoms with E-state index in [1.165, 1.54) is 12.3 Å². The van der Waals surface area contributed by atoms with Crippen molar-refractivity contribution in [3.63, 3.8) is 0 Å². The van der Waals surface area contributed by atoms with Crippen molar-refractivity contribution in [2.45, 2.75) is 38.8 Å². The minimum Gasteiger partial charge on any atom is -0.477 e. The summed E-state index contributed by atoms with van der Waals surface area (Å²) in [6, 6.07) is 1.33. The van der Waals surface area contributed by atoms with E-state index in [1.54, 1.807) is 6.92 Å². The first kappa shape index (κ1) is 19.6. The quantitative estimate of drug-likeness (QED) is 0.834. The van der Waals surface area contributed by atoms with Gasteiger partial charge in [0.15, 0.2) is 0 Å². The number of pyridine rings is 1. The molecule has 1 saturated heterocycles. The first-order chi connectivity index (χ1) is 12.3. The van der Waals surface area contributed by atoms with Crippen molar-refractivity contribution in [2.24, 2.45) is 11.7 Å². The number of aromatic carboxylic acids is 1. The van der Waals surface area contributed by atoms with Crippen LogP contribution in [0.15, 0.2) is 17.1 Å². The van der Waals surface area contributed by atoms with E-state index in [2.05, 4.69) is 0 Å². The number of carboxylic acid groups (broad SMARTS) is 1. The maximum Gasteiger partial charge on any atom is 0.341 e. The zero-order valence-corrected chi connectivity index (χ0v) is 16.1. The Labute approximate surface area is 162 Å². The standard InChI is InChI=1S/C19H22FN3O3.ClH/c1-9-6-22(8-15(9)21)17-10(2)16-12(5-14(17)20)18(24)13(19(25)26)7-23(16)11-3-4-11;/h5,7,9,11,15H,3-4,6,8,21H2,1-2H3,(H,25,26);1H. The van der Waals surface area contributed by atoms with Gasteiger partial charge < -0.3 is 20.3 Å². The van der Waals surface area contributed by atoms with Crippen LogP contribution in [-0.4, -0.2) is 34.8 Å². The lowest BCUT2D eigenvalue weighted by molar-refractivity contribution is 0.0695. The SMILES string of the molecule is Cc1c(N2CC(C)C(N)C2)c(F)cc2c(=O)c(C(=O)O)cn(C3CC3)c12.Cl. The van der Waals surface area contributed by atoms with Crippen LogP contribution in [0.2, 0.25) is 0 Å². The predicted molar refractivity (Wildman–Crippen MR) is 105 cm³/mol. The number of carbonyl (C=O) groups is 1. The van der Waals surface area contributed by atoms with Crippen molar-refractivity contribution < 1.29 is 14.3 Å². The van der Waals surface area contributed by atoms with Crippen molar-refractivity contribution in [3.05, 3.63) is 39.4 Å². The molecule has 1 aliphatic carbocycles. The van der Waals surface area contributed by atoms with Crippen LogP contribution in [-0.2, 0) is 0 Å². The Kier molecular flexibility index (Phi) is 4.94. The number of nitrogens with two attached hydrogens (primary N) is 1. The molecule has 6 nitrogen and oxygen atoms in total. The Bertz CT molecular complexity index is 977. The number of hydrogen-bond donors (Lipinski definition) is 2. The second kappa shape index (κ2) is 6.80. The summed E-state index contributed by atoms with van der Waals surface area (Å²) >= 11 is 0. The fourth-order valence-electron chi connectivity index (χ4n) is 4.03. The number of anilines is 1. The lowest BCUT2D eigenvalue weighted by atomic mass is 10.0. The van der Waals surface area contributed by atoms with Gasteiger partial charge >= 0.3 is 5.97 Å². The van der Waals surface area contributed by atoms with E-state index >= 15 is 0 Å². The molecule has 8 heteroatoms. The monoisotopic (exact) mass is 395 g/mol. The number of rotatable bonds is 3. The van der Waals surface area contributed by atoms with Crippen LogP contribution in [0.3, 0.4) is 0 Å². The third kappa shape index (κ3) is 3.08. The molecule has 1 aromatic carbocycles. The van der Waals surface area contributed by atoms with Crippen LogP contribution in [0, 0.1) is 18.7 Å². The lowest BCUT2D eigenvalue weighted by Crippen LogP contribution is -2.29. The number of nitrogens with zero attached hydrogens (tertiary/aromatic N) is 2. The largest absolute Gasteiger partial charge is 0.477 e. The van der Waals surface area contributed by atoms with Gasteiger partial charge in [-0.25, -0.2) is 9.18 Å². The zero-order chi connectivity index (χ0) is 18.7. The minimum atomic E-state index is -1.28. The first-order valence-corrected chi connectivity index (χ1v) is 8.91. The van der Waals surface area contributed by atoms with Crippen LogP contribution < -0.4 is 16.1 Å². The normalized spacial score (nSPS) is 22.1. The van der Waals surface area contributed by atoms with Gasteiger partial charge in [-0.3, -0.25) is 4.79 Å². The minimum absolute atomic E-state index is 0. The number of aromatic nitrogens is 1. The molecule has 4 rings (SSSR count). The van der Waals surface area contributed by atoms with Crippen molar-refractivity contribution in [2.75, 3.05) is 18.0 Å². The van der Waals surface area contributed by atoms with Gasteiger partial charge in [0.2, 0.25) is 5.43 Å². The summed E-state index contributed by atoms with van der Waals surface area (Å²) in [4.78, 5) is 26.0. The second-order valence-corrected chi connectivity index (χ2v) is 7.59. The molecule has 2 heterocycles. The Morgan fingerprint density at radius 2 is 2.00 bits per heavy atom. The van der Waals surface area contributed by atoms with Crippen molar-refractivity contribution >= 4 is 35.0 Å². The topological polar surface area (TPSA) is 88.6 Å². The highest BCUT2D eigenvalue weighted by molar-refractivity contribution is 5.95. The molecule has 0 amide bonds. The van der Waals surface area contributed by atoms with Crippen LogP contribution in [0.4, 0.5) is 10.1 Å². The number of aryl methyl sites for hydroxylation is 1. The van der Waals surface area contributed by atoms with Crippen LogP contribution in [0.5, 0.6) is 0 Å². The van der Waals surface area contributed by atoms with E-state index < -0.39 is 17.2 Å². The molecular weight excluding hydrogens is 373 g/mol. The Morgan fingerprint density at radius 1 is 1.33 bits per heavy atom. The number of halogens is 2. The summed E-state index contributed by atoms with van der Waals surface area (Å²) < 4.78 is 16.8. The summed E-state index contributed by atoms with van der Waals surface area (Å²) in [5.74, 6) is -1.53. The lowest BCUT2D eigenvalue weighted by Gasteiger charge is -2.24. The maximum atomic E-state index is 15.0. The molecule has 2 atom stereocenters. The van der Waals surface area contributed by atoms with Crippen molar-refractivity contribution in [3.8, 4) is 0 Å². The molecule has 2 fully saturated rings. The van der Waals surface area contributed by atoms with Crippen LogP contribution >= 0.6 is 12.4 Å². The van der Waals surface area contributed by atoms with Gasteiger partial charge in [-0.05, 0) is 37.3 Å². The third-order valence-corrected chi connectivity index (χ3v) is 5.64. The number of fused-ring (bicyclic) bond motifs is 1. The van der Waals surface area contributed by atoms with Gasteiger partial charge in [-0.2, -0.15) is 0 Å². The van der Waals surface area contributed by atoms with Gasteiger partial charge in [0.05, 0.1) is 11.2 Å². The molecule has 1 aliphatic heterocycles. The van der Waals surface area contributed by atoms with E-state index in [1.807, 2.05) is 16.4 Å². The predicted octanol–water partition coefficient (Wildman–Crippen LogP) is 2.69. The molecule has 0 radical (unpaired) electrons. The molecule has 0 spiro atoms. The zero-order valence-electron chi connectivity index (χ0n) is 15.2. The van der Waals surface area contributed by atoms with Gasteiger partial charge in [0, 0.05) is 36.8 Å². The second-order valence-electron chi connectivity index (χ2n) is 7.59. The number of carboxylic acids is 1. The van der Waals surface area contributed by atoms with Gasteiger partial charge in [-0.1, -0.05) is 6.92 Å². The van der Waals surface area contributed by atoms with Gasteiger partial charge in [-0.15, -0.1) is 12.4 Å². The molecule has 2 unspecified atom stereocenters. The third-order valence-electron chi connectivity index (χ3n) is 5.64. The van der Waals surface area contributed by atoms with E-state index in [9.17, 15) is 19.1 Å². The van der Waals surface area contributed by atoms with Crippen LogP contribution in [0.25, 0.3) is 10.9 Å². The molecular formula is C19H23ClFN3O3. The fraction of sp³-hybridized carbons (Fsp3) is 0.474. The molecule has 3 N–H and O–H groups in total. The molecule has 2 aliphatic rings. The summed E-state index contributed by atoms with van der Waals surface area (Å²) in [5, 5.41) is 9.48. The molecule has 1 saturated carbocycles. The maximum absolute atomic E-state index is 15.0. The highest BCUT2D eigenvalue weighted by atomic mass is 35.5. The average molecular weight is 396 g/mol. The summed E-state index contributed by atoms with van der Waals surface area (Å²) in [6.45, 7) is 5.06. The summed E-state index contributed by atoms with van der Waals surface area (Å²) in [6.07, 6.45) is 3.27. The smallest absolute Gasteiger partial charge is 0.341 e. The Morgan fingerprint density at radius 3 is 2.52 bits per heavy atom. The Hall–Kier alpha value is -2.12. The molecule has 0 bridgehead atoms. The van der Waals surface area contributed by atoms with Crippen molar-refractivity contribution in [1.82, 2.24) is 4.57 Å². The molecule has 146 valence electrons. The molecule has 1 aromatic heterocycles. The Balaban J connectivity index is 0.00000210. The average Bonchev–Trinajstić information content (AvgIpc) is 3.35. The van der Waals surface area contributed by atoms with Crippen molar-refractivity contribution in [1.29, 1.82) is 0 Å². The highest BCUT2D eigenvalue weighted by Crippen LogP contribution is 2.40. The van der Waals surface area contributed by atoms with E-state index in [4.69, 9.17) is 5.73 Å². The number of hydrogen-bond acceptors (Lipinski definition) is 4. The fourth-order valence-corrected chi connectivity index (χ4v) is 4.03. The summed E-state index contributed by atoms with van der Waals surface area (Å²) in [7, 11) is 0. The van der Waals surface area contributed by atoms with Crippen LogP contribution in [0.1, 0.15) is 41.7 Å². The van der Waals surface area contributed by atoms with Gasteiger partial charge in [0.25, 0.3) is 0 Å². The number of benzene rings is 1. The highest BCUT2D eigenvalue weighted by Gasteiger charge is 2.32.